The molecule has 10 heteroatoms. The van der Waals surface area contributed by atoms with Crippen LogP contribution >= 0.6 is 11.6 Å². The minimum atomic E-state index is -1.24. The molecule has 5 aliphatic rings. The molecule has 8 rings (SSSR count). The third-order valence-electron chi connectivity index (χ3n) is 12.2. The van der Waals surface area contributed by atoms with Crippen LogP contribution in [0.25, 0.3) is 0 Å². The number of fused-ring (bicyclic) bond motifs is 4. The summed E-state index contributed by atoms with van der Waals surface area (Å²) in [5, 5.41) is 10.2. The van der Waals surface area contributed by atoms with Crippen molar-refractivity contribution >= 4 is 40.9 Å². The monoisotopic (exact) mass is 695 g/mol. The van der Waals surface area contributed by atoms with Crippen molar-refractivity contribution in [3.8, 4) is 5.75 Å². The van der Waals surface area contributed by atoms with Gasteiger partial charge in [-0.05, 0) is 86.4 Å². The summed E-state index contributed by atoms with van der Waals surface area (Å²) in [6.07, 6.45) is 4.04. The molecule has 50 heavy (non-hydrogen) atoms. The number of carbonyl (C=O) groups is 4. The SMILES string of the molecule is Cc1cc(C2C3=CCC4C(=O)N(C5CCN(Cc6ccccc6)CC5)C(=O)C4C3CC3C(=O)N(c4ccc(F)c(Cl)c4)C(=O)C32C)ccc1O. The van der Waals surface area contributed by atoms with Crippen LogP contribution < -0.4 is 4.90 Å². The number of benzene rings is 3. The minimum Gasteiger partial charge on any atom is -0.508 e. The summed E-state index contributed by atoms with van der Waals surface area (Å²) in [6, 6.07) is 19.1. The van der Waals surface area contributed by atoms with Gasteiger partial charge in [0.05, 0.1) is 33.9 Å². The summed E-state index contributed by atoms with van der Waals surface area (Å²) in [4.78, 5) is 62.6. The number of halogens is 2. The van der Waals surface area contributed by atoms with Gasteiger partial charge in [-0.3, -0.25) is 29.0 Å². The summed E-state index contributed by atoms with van der Waals surface area (Å²) in [7, 11) is 0. The number of aryl methyl sites for hydroxylation is 1. The highest BCUT2D eigenvalue weighted by molar-refractivity contribution is 6.31. The molecule has 258 valence electrons. The van der Waals surface area contributed by atoms with Crippen LogP contribution in [-0.4, -0.2) is 57.7 Å². The zero-order valence-corrected chi connectivity index (χ0v) is 28.8. The number of amides is 4. The Morgan fingerprint density at radius 3 is 2.36 bits per heavy atom. The lowest BCUT2D eigenvalue weighted by Crippen LogP contribution is -2.49. The molecule has 3 aromatic carbocycles. The molecule has 6 atom stereocenters. The highest BCUT2D eigenvalue weighted by Gasteiger charge is 2.68. The predicted octanol–water partition coefficient (Wildman–Crippen LogP) is 6.39. The van der Waals surface area contributed by atoms with E-state index in [4.69, 9.17) is 11.6 Å². The normalized spacial score (nSPS) is 30.0. The molecule has 0 spiro atoms. The number of phenolic OH excluding ortho intramolecular Hbond substituents is 1. The van der Waals surface area contributed by atoms with Gasteiger partial charge in [0.1, 0.15) is 11.6 Å². The van der Waals surface area contributed by atoms with Crippen molar-refractivity contribution in [1.29, 1.82) is 0 Å². The molecule has 0 radical (unpaired) electrons. The van der Waals surface area contributed by atoms with Crippen LogP contribution in [0.5, 0.6) is 5.75 Å². The number of hydrogen-bond acceptors (Lipinski definition) is 6. The molecule has 0 bridgehead atoms. The fraction of sp³-hybridized carbons (Fsp3) is 0.400. The third-order valence-corrected chi connectivity index (χ3v) is 12.5. The lowest BCUT2D eigenvalue weighted by atomic mass is 9.51. The maximum Gasteiger partial charge on any atom is 0.241 e. The zero-order chi connectivity index (χ0) is 35.1. The summed E-state index contributed by atoms with van der Waals surface area (Å²) < 4.78 is 14.2. The van der Waals surface area contributed by atoms with Crippen LogP contribution in [0.1, 0.15) is 55.2 Å². The Hall–Kier alpha value is -4.34. The van der Waals surface area contributed by atoms with Gasteiger partial charge in [-0.25, -0.2) is 9.29 Å². The number of piperidine rings is 1. The van der Waals surface area contributed by atoms with E-state index in [0.717, 1.165) is 41.7 Å². The average Bonchev–Trinajstić information content (AvgIpc) is 3.47. The molecule has 3 aromatic rings. The summed E-state index contributed by atoms with van der Waals surface area (Å²) >= 11 is 6.11. The average molecular weight is 696 g/mol. The lowest BCUT2D eigenvalue weighted by molar-refractivity contribution is -0.144. The minimum absolute atomic E-state index is 0.110. The Morgan fingerprint density at radius 1 is 0.920 bits per heavy atom. The quantitative estimate of drug-likeness (QED) is 0.246. The second-order valence-electron chi connectivity index (χ2n) is 14.8. The number of phenols is 1. The number of nitrogens with zero attached hydrogens (tertiary/aromatic N) is 3. The second-order valence-corrected chi connectivity index (χ2v) is 15.3. The smallest absolute Gasteiger partial charge is 0.241 e. The summed E-state index contributed by atoms with van der Waals surface area (Å²) in [6.45, 7) is 5.96. The Balaban J connectivity index is 1.13. The first kappa shape index (κ1) is 32.8. The number of allylic oxidation sites excluding steroid dienone is 2. The van der Waals surface area contributed by atoms with E-state index >= 15 is 0 Å². The van der Waals surface area contributed by atoms with E-state index in [1.165, 1.54) is 22.6 Å². The molecule has 1 N–H and O–H groups in total. The lowest BCUT2D eigenvalue weighted by Gasteiger charge is -2.49. The number of aromatic hydroxyl groups is 1. The van der Waals surface area contributed by atoms with Crippen molar-refractivity contribution in [2.45, 2.75) is 58.0 Å². The molecule has 1 saturated carbocycles. The van der Waals surface area contributed by atoms with E-state index in [1.807, 2.05) is 30.3 Å². The van der Waals surface area contributed by atoms with Crippen molar-refractivity contribution in [1.82, 2.24) is 9.80 Å². The van der Waals surface area contributed by atoms with Crippen LogP contribution in [0.4, 0.5) is 10.1 Å². The number of hydrogen-bond donors (Lipinski definition) is 1. The third kappa shape index (κ3) is 4.95. The van der Waals surface area contributed by atoms with Gasteiger partial charge in [0, 0.05) is 31.6 Å². The maximum absolute atomic E-state index is 14.6. The van der Waals surface area contributed by atoms with E-state index in [9.17, 15) is 28.7 Å². The van der Waals surface area contributed by atoms with Gasteiger partial charge in [-0.1, -0.05) is 65.7 Å². The Labute approximate surface area is 295 Å². The Bertz CT molecular complexity index is 1960. The fourth-order valence-corrected chi connectivity index (χ4v) is 9.86. The van der Waals surface area contributed by atoms with E-state index < -0.39 is 52.6 Å². The van der Waals surface area contributed by atoms with E-state index in [2.05, 4.69) is 17.0 Å². The molecule has 6 unspecified atom stereocenters. The Kier molecular flexibility index (Phi) is 7.99. The number of rotatable bonds is 5. The molecule has 4 amide bonds. The second kappa shape index (κ2) is 12.2. The number of imide groups is 2. The van der Waals surface area contributed by atoms with Crippen LogP contribution in [0.3, 0.4) is 0 Å². The van der Waals surface area contributed by atoms with Crippen LogP contribution in [0.15, 0.2) is 78.4 Å². The fourth-order valence-electron chi connectivity index (χ4n) is 9.69. The molecule has 3 heterocycles. The highest BCUT2D eigenvalue weighted by Crippen LogP contribution is 2.64. The standard InChI is InChI=1S/C40H39ClFN3O5/c1-22-18-24(8-13-33(22)46)35-27-10-11-28-34(38(49)44(36(28)47)25-14-16-43(17-15-25)21-23-6-4-3-5-7-23)29(27)20-30-37(48)45(39(50)40(30,35)2)26-9-12-32(42)31(41)19-26/h3-10,12-13,18-19,25,28-30,34-35,46H,11,14-17,20-21H2,1-2H3. The first-order valence-electron chi connectivity index (χ1n) is 17.4. The maximum atomic E-state index is 14.6. The first-order chi connectivity index (χ1) is 24.0. The Morgan fingerprint density at radius 2 is 1.66 bits per heavy atom. The molecule has 2 aliphatic carbocycles. The number of likely N-dealkylation sites (tertiary alicyclic amines) is 2. The van der Waals surface area contributed by atoms with Crippen molar-refractivity contribution in [3.05, 3.63) is 106 Å². The molecule has 3 saturated heterocycles. The van der Waals surface area contributed by atoms with E-state index in [-0.39, 0.29) is 40.7 Å². The predicted molar refractivity (Wildman–Crippen MR) is 185 cm³/mol. The van der Waals surface area contributed by atoms with Crippen LogP contribution in [0.2, 0.25) is 5.02 Å². The largest absolute Gasteiger partial charge is 0.508 e. The van der Waals surface area contributed by atoms with Gasteiger partial charge in [-0.2, -0.15) is 0 Å². The molecule has 0 aromatic heterocycles. The summed E-state index contributed by atoms with van der Waals surface area (Å²) in [5.74, 6) is -4.72. The summed E-state index contributed by atoms with van der Waals surface area (Å²) in [5.41, 5.74) is 2.43. The first-order valence-corrected chi connectivity index (χ1v) is 17.8. The van der Waals surface area contributed by atoms with Crippen molar-refractivity contribution in [2.24, 2.45) is 29.1 Å². The van der Waals surface area contributed by atoms with Gasteiger partial charge < -0.3 is 5.11 Å². The van der Waals surface area contributed by atoms with Gasteiger partial charge in [0.25, 0.3) is 0 Å². The molecule has 3 aliphatic heterocycles. The van der Waals surface area contributed by atoms with Gasteiger partial charge in [-0.15, -0.1) is 0 Å². The van der Waals surface area contributed by atoms with E-state index in [0.29, 0.717) is 24.8 Å². The van der Waals surface area contributed by atoms with Crippen LogP contribution in [-0.2, 0) is 25.7 Å². The van der Waals surface area contributed by atoms with Crippen molar-refractivity contribution in [2.75, 3.05) is 18.0 Å². The topological polar surface area (TPSA) is 98.2 Å². The van der Waals surface area contributed by atoms with Crippen LogP contribution in [0, 0.1) is 41.8 Å². The van der Waals surface area contributed by atoms with Gasteiger partial charge in [0.2, 0.25) is 23.6 Å². The van der Waals surface area contributed by atoms with Gasteiger partial charge in [0.15, 0.2) is 0 Å². The highest BCUT2D eigenvalue weighted by atomic mass is 35.5. The van der Waals surface area contributed by atoms with Crippen molar-refractivity contribution in [3.63, 3.8) is 0 Å². The number of anilines is 1. The number of carbonyl (C=O) groups excluding carboxylic acids is 4. The molecular weight excluding hydrogens is 657 g/mol. The molecule has 8 nitrogen and oxygen atoms in total. The van der Waals surface area contributed by atoms with Gasteiger partial charge >= 0.3 is 0 Å². The molecule has 4 fully saturated rings. The van der Waals surface area contributed by atoms with Crippen molar-refractivity contribution < 1.29 is 28.7 Å². The zero-order valence-electron chi connectivity index (χ0n) is 28.0. The molecular formula is C40H39ClFN3O5. The van der Waals surface area contributed by atoms with E-state index in [1.54, 1.807) is 26.0 Å².